The van der Waals surface area contributed by atoms with Gasteiger partial charge in [-0.25, -0.2) is 4.68 Å². The van der Waals surface area contributed by atoms with Gasteiger partial charge in [0, 0.05) is 23.7 Å². The maximum atomic E-state index is 12.1. The Balaban J connectivity index is 1.89. The summed E-state index contributed by atoms with van der Waals surface area (Å²) in [5, 5.41) is 7.65. The molecule has 126 valence electrons. The lowest BCUT2D eigenvalue weighted by Gasteiger charge is -2.25. The van der Waals surface area contributed by atoms with E-state index >= 15 is 0 Å². The van der Waals surface area contributed by atoms with E-state index in [4.69, 9.17) is 10.2 Å². The molecule has 1 unspecified atom stereocenters. The molecule has 1 aliphatic heterocycles. The van der Waals surface area contributed by atoms with Crippen LogP contribution in [0.1, 0.15) is 24.5 Å². The van der Waals surface area contributed by atoms with E-state index in [1.54, 1.807) is 24.0 Å². The summed E-state index contributed by atoms with van der Waals surface area (Å²) < 4.78 is 7.37. The quantitative estimate of drug-likeness (QED) is 0.757. The number of amides is 1. The number of carbonyl (C=O) groups is 1. The van der Waals surface area contributed by atoms with Crippen LogP contribution in [0.25, 0.3) is 11.4 Å². The first kappa shape index (κ1) is 15.1. The van der Waals surface area contributed by atoms with Crippen molar-refractivity contribution < 1.29 is 9.21 Å². The number of aromatic nitrogens is 4. The average Bonchev–Trinajstić information content (AvgIpc) is 3.20. The van der Waals surface area contributed by atoms with Gasteiger partial charge >= 0.3 is 0 Å². The summed E-state index contributed by atoms with van der Waals surface area (Å²) in [6, 6.07) is 6.77. The van der Waals surface area contributed by atoms with Crippen LogP contribution >= 0.6 is 0 Å². The Bertz CT molecular complexity index is 986. The Hall–Kier alpha value is -3.42. The molecule has 0 saturated carbocycles. The number of nitrogens with zero attached hydrogens (tertiary/aromatic N) is 4. The standard InChI is InChI=1S/C17H16N6O2/c1-9-5-6-12(25-9)14-13(15(18)24)10(2)20-17-21-16(22-23(14)17)11-4-3-7-19-8-11/h3-8,14H,1-2H3,(H2,18,24)(H,20,21,22). The summed E-state index contributed by atoms with van der Waals surface area (Å²) in [4.78, 5) is 20.7. The number of nitrogens with one attached hydrogen (secondary N) is 1. The molecule has 4 heterocycles. The molecule has 1 atom stereocenters. The van der Waals surface area contributed by atoms with Crippen molar-refractivity contribution in [2.75, 3.05) is 5.32 Å². The third kappa shape index (κ3) is 2.47. The molecule has 0 spiro atoms. The number of nitrogens with two attached hydrogens (primary N) is 1. The van der Waals surface area contributed by atoms with Gasteiger partial charge in [0.15, 0.2) is 5.82 Å². The zero-order chi connectivity index (χ0) is 17.6. The average molecular weight is 336 g/mol. The van der Waals surface area contributed by atoms with Crippen molar-refractivity contribution in [1.29, 1.82) is 0 Å². The zero-order valence-corrected chi connectivity index (χ0v) is 13.7. The minimum absolute atomic E-state index is 0.393. The molecule has 0 fully saturated rings. The van der Waals surface area contributed by atoms with Crippen molar-refractivity contribution in [3.8, 4) is 11.4 Å². The monoisotopic (exact) mass is 336 g/mol. The van der Waals surface area contributed by atoms with Gasteiger partial charge in [-0.3, -0.25) is 9.78 Å². The summed E-state index contributed by atoms with van der Waals surface area (Å²) in [5.74, 6) is 1.80. The Labute approximate surface area is 143 Å². The number of fused-ring (bicyclic) bond motifs is 1. The maximum absolute atomic E-state index is 12.1. The second-order valence-corrected chi connectivity index (χ2v) is 5.82. The largest absolute Gasteiger partial charge is 0.464 e. The molecule has 0 bridgehead atoms. The normalized spacial score (nSPS) is 16.5. The van der Waals surface area contributed by atoms with Gasteiger partial charge in [-0.05, 0) is 38.1 Å². The predicted octanol–water partition coefficient (Wildman–Crippen LogP) is 2.02. The number of rotatable bonds is 3. The number of primary amides is 1. The molecular formula is C17H16N6O2. The minimum Gasteiger partial charge on any atom is -0.464 e. The van der Waals surface area contributed by atoms with Crippen LogP contribution in [-0.2, 0) is 4.79 Å². The van der Waals surface area contributed by atoms with Gasteiger partial charge in [0.1, 0.15) is 17.6 Å². The van der Waals surface area contributed by atoms with E-state index in [1.807, 2.05) is 31.2 Å². The van der Waals surface area contributed by atoms with Crippen LogP contribution in [0.5, 0.6) is 0 Å². The van der Waals surface area contributed by atoms with E-state index < -0.39 is 11.9 Å². The molecule has 3 aromatic rings. The SMILES string of the molecule is CC1=C(C(N)=O)C(c2ccc(C)o2)n2nc(-c3cccnc3)nc2N1. The smallest absolute Gasteiger partial charge is 0.249 e. The number of pyridine rings is 1. The summed E-state index contributed by atoms with van der Waals surface area (Å²) in [5.41, 5.74) is 7.42. The second kappa shape index (κ2) is 5.59. The molecule has 8 nitrogen and oxygen atoms in total. The summed E-state index contributed by atoms with van der Waals surface area (Å²) in [6.45, 7) is 3.62. The maximum Gasteiger partial charge on any atom is 0.249 e. The van der Waals surface area contributed by atoms with Crippen molar-refractivity contribution in [2.45, 2.75) is 19.9 Å². The molecule has 4 rings (SSSR count). The highest BCUT2D eigenvalue weighted by Crippen LogP contribution is 2.36. The van der Waals surface area contributed by atoms with Gasteiger partial charge in [0.05, 0.1) is 5.57 Å². The molecule has 0 saturated heterocycles. The topological polar surface area (TPSA) is 112 Å². The van der Waals surface area contributed by atoms with E-state index in [1.165, 1.54) is 0 Å². The molecule has 0 radical (unpaired) electrons. The Kier molecular flexibility index (Phi) is 3.38. The van der Waals surface area contributed by atoms with Gasteiger partial charge < -0.3 is 15.5 Å². The van der Waals surface area contributed by atoms with Crippen LogP contribution in [0.2, 0.25) is 0 Å². The highest BCUT2D eigenvalue weighted by atomic mass is 16.3. The molecule has 8 heteroatoms. The Morgan fingerprint density at radius 3 is 2.80 bits per heavy atom. The van der Waals surface area contributed by atoms with Gasteiger partial charge in [-0.15, -0.1) is 5.10 Å². The highest BCUT2D eigenvalue weighted by molar-refractivity contribution is 5.95. The molecule has 1 amide bonds. The number of hydrogen-bond donors (Lipinski definition) is 2. The number of anilines is 1. The summed E-state index contributed by atoms with van der Waals surface area (Å²) in [7, 11) is 0. The van der Waals surface area contributed by atoms with Crippen molar-refractivity contribution >= 4 is 11.9 Å². The van der Waals surface area contributed by atoms with Crippen molar-refractivity contribution in [3.63, 3.8) is 0 Å². The fraction of sp³-hybridized carbons (Fsp3) is 0.176. The van der Waals surface area contributed by atoms with E-state index in [0.717, 1.165) is 11.3 Å². The lowest BCUT2D eigenvalue weighted by molar-refractivity contribution is -0.115. The first-order valence-corrected chi connectivity index (χ1v) is 7.75. The third-order valence-electron chi connectivity index (χ3n) is 4.07. The van der Waals surface area contributed by atoms with Crippen LogP contribution in [0, 0.1) is 6.92 Å². The van der Waals surface area contributed by atoms with Gasteiger partial charge in [0.2, 0.25) is 11.9 Å². The minimum atomic E-state index is -0.569. The van der Waals surface area contributed by atoms with Crippen LogP contribution in [0.4, 0.5) is 5.95 Å². The van der Waals surface area contributed by atoms with Crippen molar-refractivity contribution in [1.82, 2.24) is 19.7 Å². The molecule has 1 aliphatic rings. The molecule has 3 N–H and O–H groups in total. The van der Waals surface area contributed by atoms with Crippen LogP contribution in [0.15, 0.2) is 52.3 Å². The predicted molar refractivity (Wildman–Crippen MR) is 90.4 cm³/mol. The van der Waals surface area contributed by atoms with E-state index in [0.29, 0.717) is 28.8 Å². The third-order valence-corrected chi connectivity index (χ3v) is 4.07. The lowest BCUT2D eigenvalue weighted by atomic mass is 10.0. The summed E-state index contributed by atoms with van der Waals surface area (Å²) >= 11 is 0. The zero-order valence-electron chi connectivity index (χ0n) is 13.7. The first-order valence-electron chi connectivity index (χ1n) is 7.75. The molecular weight excluding hydrogens is 320 g/mol. The van der Waals surface area contributed by atoms with Gasteiger partial charge in [-0.1, -0.05) is 0 Å². The number of hydrogen-bond acceptors (Lipinski definition) is 6. The Morgan fingerprint density at radius 2 is 2.16 bits per heavy atom. The van der Waals surface area contributed by atoms with E-state index in [-0.39, 0.29) is 0 Å². The van der Waals surface area contributed by atoms with E-state index in [9.17, 15) is 4.79 Å². The van der Waals surface area contributed by atoms with Crippen LogP contribution in [0.3, 0.4) is 0 Å². The van der Waals surface area contributed by atoms with Crippen molar-refractivity contribution in [3.05, 3.63) is 59.4 Å². The number of allylic oxidation sites excluding steroid dienone is 1. The molecule has 0 aromatic carbocycles. The highest BCUT2D eigenvalue weighted by Gasteiger charge is 2.35. The summed E-state index contributed by atoms with van der Waals surface area (Å²) in [6.07, 6.45) is 3.37. The number of furan rings is 1. The van der Waals surface area contributed by atoms with Crippen LogP contribution in [-0.4, -0.2) is 25.7 Å². The van der Waals surface area contributed by atoms with Crippen molar-refractivity contribution in [2.24, 2.45) is 5.73 Å². The molecule has 25 heavy (non-hydrogen) atoms. The fourth-order valence-corrected chi connectivity index (χ4v) is 2.95. The van der Waals surface area contributed by atoms with Crippen LogP contribution < -0.4 is 11.1 Å². The Morgan fingerprint density at radius 1 is 1.32 bits per heavy atom. The van der Waals surface area contributed by atoms with E-state index in [2.05, 4.69) is 20.4 Å². The number of carbonyl (C=O) groups excluding carboxylic acids is 1. The number of aryl methyl sites for hydroxylation is 1. The van der Waals surface area contributed by atoms with Gasteiger partial charge in [-0.2, -0.15) is 4.98 Å². The second-order valence-electron chi connectivity index (χ2n) is 5.82. The lowest BCUT2D eigenvalue weighted by Crippen LogP contribution is -2.31. The fourth-order valence-electron chi connectivity index (χ4n) is 2.95. The first-order chi connectivity index (χ1) is 12.0. The molecule has 0 aliphatic carbocycles. The van der Waals surface area contributed by atoms with Gasteiger partial charge in [0.25, 0.3) is 0 Å². The molecule has 3 aromatic heterocycles.